The average Bonchev–Trinajstić information content (AvgIpc) is 2.84. The molecule has 1 heterocycles. The van der Waals surface area contributed by atoms with Gasteiger partial charge in [-0.05, 0) is 31.2 Å². The van der Waals surface area contributed by atoms with Crippen molar-refractivity contribution >= 4 is 0 Å². The highest BCUT2D eigenvalue weighted by molar-refractivity contribution is 5.37. The Labute approximate surface area is 115 Å². The molecule has 3 nitrogen and oxygen atoms in total. The standard InChI is InChI=1S/C16H22N2O/c1-4-17-10-14-7-8-18(11-14)12-15-9-13(2)5-6-16(15)19-3/h5-9,11,17H,4,10,12H2,1-3H3. The number of hydrogen-bond acceptors (Lipinski definition) is 2. The number of nitrogens with one attached hydrogen (secondary N) is 1. The number of hydrogen-bond donors (Lipinski definition) is 1. The summed E-state index contributed by atoms with van der Waals surface area (Å²) in [4.78, 5) is 0. The molecule has 1 N–H and O–H groups in total. The van der Waals surface area contributed by atoms with E-state index in [2.05, 4.69) is 54.3 Å². The minimum absolute atomic E-state index is 0.844. The largest absolute Gasteiger partial charge is 0.496 e. The topological polar surface area (TPSA) is 26.2 Å². The van der Waals surface area contributed by atoms with Gasteiger partial charge in [-0.25, -0.2) is 0 Å². The maximum Gasteiger partial charge on any atom is 0.123 e. The number of aromatic nitrogens is 1. The van der Waals surface area contributed by atoms with E-state index in [-0.39, 0.29) is 0 Å². The highest BCUT2D eigenvalue weighted by Gasteiger charge is 2.04. The molecule has 0 radical (unpaired) electrons. The summed E-state index contributed by atoms with van der Waals surface area (Å²) in [6.07, 6.45) is 4.30. The number of methoxy groups -OCH3 is 1. The van der Waals surface area contributed by atoms with Gasteiger partial charge in [-0.2, -0.15) is 0 Å². The fourth-order valence-electron chi connectivity index (χ4n) is 2.19. The molecule has 1 aromatic heterocycles. The zero-order chi connectivity index (χ0) is 13.7. The van der Waals surface area contributed by atoms with Crippen LogP contribution in [0.3, 0.4) is 0 Å². The van der Waals surface area contributed by atoms with Crippen LogP contribution in [0.5, 0.6) is 5.75 Å². The second-order valence-corrected chi connectivity index (χ2v) is 4.79. The summed E-state index contributed by atoms with van der Waals surface area (Å²) in [6, 6.07) is 8.45. The molecular formula is C16H22N2O. The maximum atomic E-state index is 5.42. The summed E-state index contributed by atoms with van der Waals surface area (Å²) in [5.74, 6) is 0.951. The molecule has 0 aliphatic carbocycles. The zero-order valence-electron chi connectivity index (χ0n) is 11.9. The molecule has 0 saturated carbocycles. The second kappa shape index (κ2) is 6.43. The quantitative estimate of drug-likeness (QED) is 0.862. The Kier molecular flexibility index (Phi) is 4.63. The van der Waals surface area contributed by atoms with E-state index >= 15 is 0 Å². The van der Waals surface area contributed by atoms with Gasteiger partial charge in [0.25, 0.3) is 0 Å². The fraction of sp³-hybridized carbons (Fsp3) is 0.375. The van der Waals surface area contributed by atoms with Crippen LogP contribution in [-0.4, -0.2) is 18.2 Å². The van der Waals surface area contributed by atoms with Crippen molar-refractivity contribution in [3.63, 3.8) is 0 Å². The third-order valence-corrected chi connectivity index (χ3v) is 3.18. The van der Waals surface area contributed by atoms with Crippen LogP contribution < -0.4 is 10.1 Å². The van der Waals surface area contributed by atoms with Gasteiger partial charge in [-0.3, -0.25) is 0 Å². The lowest BCUT2D eigenvalue weighted by Gasteiger charge is -2.10. The average molecular weight is 258 g/mol. The van der Waals surface area contributed by atoms with Crippen molar-refractivity contribution in [3.05, 3.63) is 53.3 Å². The van der Waals surface area contributed by atoms with E-state index in [0.29, 0.717) is 0 Å². The number of rotatable bonds is 6. The van der Waals surface area contributed by atoms with Crippen LogP contribution in [0.15, 0.2) is 36.7 Å². The summed E-state index contributed by atoms with van der Waals surface area (Å²) < 4.78 is 7.62. The first-order valence-electron chi connectivity index (χ1n) is 6.72. The Morgan fingerprint density at radius 2 is 2.11 bits per heavy atom. The molecule has 0 aliphatic rings. The monoisotopic (exact) mass is 258 g/mol. The summed E-state index contributed by atoms with van der Waals surface area (Å²) in [5, 5.41) is 3.34. The van der Waals surface area contributed by atoms with Crippen LogP contribution >= 0.6 is 0 Å². The second-order valence-electron chi connectivity index (χ2n) is 4.79. The lowest BCUT2D eigenvalue weighted by Crippen LogP contribution is -2.11. The van der Waals surface area contributed by atoms with Crippen molar-refractivity contribution in [2.45, 2.75) is 26.9 Å². The predicted molar refractivity (Wildman–Crippen MR) is 78.6 cm³/mol. The SMILES string of the molecule is CCNCc1ccn(Cc2cc(C)ccc2OC)c1. The van der Waals surface area contributed by atoms with Crippen LogP contribution in [0.1, 0.15) is 23.6 Å². The van der Waals surface area contributed by atoms with Crippen LogP contribution in [0, 0.1) is 6.92 Å². The fourth-order valence-corrected chi connectivity index (χ4v) is 2.19. The van der Waals surface area contributed by atoms with E-state index in [1.165, 1.54) is 16.7 Å². The molecule has 0 bridgehead atoms. The van der Waals surface area contributed by atoms with Crippen molar-refractivity contribution in [2.24, 2.45) is 0 Å². The van der Waals surface area contributed by atoms with Crippen LogP contribution in [0.2, 0.25) is 0 Å². The first-order chi connectivity index (χ1) is 9.22. The van der Waals surface area contributed by atoms with Gasteiger partial charge < -0.3 is 14.6 Å². The van der Waals surface area contributed by atoms with Crippen molar-refractivity contribution in [1.82, 2.24) is 9.88 Å². The van der Waals surface area contributed by atoms with Gasteiger partial charge in [0, 0.05) is 24.5 Å². The zero-order valence-corrected chi connectivity index (χ0v) is 11.9. The van der Waals surface area contributed by atoms with Crippen molar-refractivity contribution in [1.29, 1.82) is 0 Å². The molecule has 0 unspecified atom stereocenters. The molecule has 0 atom stereocenters. The van der Waals surface area contributed by atoms with Gasteiger partial charge in [0.2, 0.25) is 0 Å². The van der Waals surface area contributed by atoms with Gasteiger partial charge in [0.05, 0.1) is 13.7 Å². The first kappa shape index (κ1) is 13.7. The minimum atomic E-state index is 0.844. The molecule has 0 saturated heterocycles. The van der Waals surface area contributed by atoms with Crippen molar-refractivity contribution < 1.29 is 4.74 Å². The Morgan fingerprint density at radius 3 is 2.84 bits per heavy atom. The third-order valence-electron chi connectivity index (χ3n) is 3.18. The van der Waals surface area contributed by atoms with Crippen LogP contribution in [0.25, 0.3) is 0 Å². The smallest absolute Gasteiger partial charge is 0.123 e. The van der Waals surface area contributed by atoms with Crippen LogP contribution in [0.4, 0.5) is 0 Å². The van der Waals surface area contributed by atoms with Gasteiger partial charge in [0.15, 0.2) is 0 Å². The summed E-state index contributed by atoms with van der Waals surface area (Å²) >= 11 is 0. The number of nitrogens with zero attached hydrogens (tertiary/aromatic N) is 1. The number of ether oxygens (including phenoxy) is 1. The van der Waals surface area contributed by atoms with Crippen molar-refractivity contribution in [3.8, 4) is 5.75 Å². The van der Waals surface area contributed by atoms with E-state index in [9.17, 15) is 0 Å². The van der Waals surface area contributed by atoms with Gasteiger partial charge in [0.1, 0.15) is 5.75 Å². The molecule has 1 aromatic carbocycles. The highest BCUT2D eigenvalue weighted by atomic mass is 16.5. The normalized spacial score (nSPS) is 10.7. The highest BCUT2D eigenvalue weighted by Crippen LogP contribution is 2.21. The lowest BCUT2D eigenvalue weighted by molar-refractivity contribution is 0.408. The Morgan fingerprint density at radius 1 is 1.26 bits per heavy atom. The van der Waals surface area contributed by atoms with Gasteiger partial charge >= 0.3 is 0 Å². The summed E-state index contributed by atoms with van der Waals surface area (Å²) in [5.41, 5.74) is 3.79. The molecule has 3 heteroatoms. The predicted octanol–water partition coefficient (Wildman–Crippen LogP) is 2.96. The van der Waals surface area contributed by atoms with Gasteiger partial charge in [-0.1, -0.05) is 24.6 Å². The van der Waals surface area contributed by atoms with Crippen LogP contribution in [-0.2, 0) is 13.1 Å². The third kappa shape index (κ3) is 3.61. The van der Waals surface area contributed by atoms with E-state index in [4.69, 9.17) is 4.74 Å². The minimum Gasteiger partial charge on any atom is -0.496 e. The number of benzene rings is 1. The molecule has 19 heavy (non-hydrogen) atoms. The molecule has 2 rings (SSSR count). The van der Waals surface area contributed by atoms with E-state index in [1.807, 2.05) is 6.07 Å². The maximum absolute atomic E-state index is 5.42. The van der Waals surface area contributed by atoms with E-state index in [1.54, 1.807) is 7.11 Å². The Hall–Kier alpha value is -1.74. The van der Waals surface area contributed by atoms with Gasteiger partial charge in [-0.15, -0.1) is 0 Å². The molecular weight excluding hydrogens is 236 g/mol. The summed E-state index contributed by atoms with van der Waals surface area (Å²) in [7, 11) is 1.72. The molecule has 0 fully saturated rings. The molecule has 0 aliphatic heterocycles. The molecule has 0 amide bonds. The molecule has 102 valence electrons. The Bertz CT molecular complexity index is 531. The van der Waals surface area contributed by atoms with E-state index < -0.39 is 0 Å². The Balaban J connectivity index is 2.12. The van der Waals surface area contributed by atoms with Crippen molar-refractivity contribution in [2.75, 3.05) is 13.7 Å². The number of aryl methyl sites for hydroxylation is 1. The molecule has 0 spiro atoms. The van der Waals surface area contributed by atoms with E-state index in [0.717, 1.165) is 25.4 Å². The summed E-state index contributed by atoms with van der Waals surface area (Å²) in [6.45, 7) is 6.99. The molecule has 2 aromatic rings. The first-order valence-corrected chi connectivity index (χ1v) is 6.72. The lowest BCUT2D eigenvalue weighted by atomic mass is 10.1.